The molecule has 3 heteroatoms. The van der Waals surface area contributed by atoms with Crippen molar-refractivity contribution in [3.63, 3.8) is 0 Å². The van der Waals surface area contributed by atoms with Crippen molar-refractivity contribution in [1.82, 2.24) is 0 Å². The molecule has 2 aromatic rings. The van der Waals surface area contributed by atoms with Crippen molar-refractivity contribution in [1.29, 1.82) is 0 Å². The average molecular weight is 336 g/mol. The largest absolute Gasteiger partial charge is 0.496 e. The number of benzene rings is 2. The smallest absolute Gasteiger partial charge is 0.168 e. The van der Waals surface area contributed by atoms with Gasteiger partial charge < -0.3 is 14.2 Å². The van der Waals surface area contributed by atoms with Gasteiger partial charge >= 0.3 is 0 Å². The molecule has 1 aliphatic carbocycles. The van der Waals surface area contributed by atoms with Crippen LogP contribution in [0.15, 0.2) is 54.3 Å². The maximum atomic E-state index is 5.70. The van der Waals surface area contributed by atoms with Gasteiger partial charge in [-0.1, -0.05) is 42.0 Å². The van der Waals surface area contributed by atoms with E-state index in [4.69, 9.17) is 14.2 Å². The minimum atomic E-state index is 0.740. The summed E-state index contributed by atoms with van der Waals surface area (Å²) in [6.45, 7) is 2.10. The Morgan fingerprint density at radius 3 is 2.24 bits per heavy atom. The quantitative estimate of drug-likeness (QED) is 0.746. The van der Waals surface area contributed by atoms with E-state index in [0.717, 1.165) is 46.8 Å². The van der Waals surface area contributed by atoms with E-state index in [2.05, 4.69) is 43.3 Å². The lowest BCUT2D eigenvalue weighted by atomic mass is 9.86. The van der Waals surface area contributed by atoms with Crippen molar-refractivity contribution in [3.05, 3.63) is 71.0 Å². The highest BCUT2D eigenvalue weighted by Gasteiger charge is 2.23. The summed E-state index contributed by atoms with van der Waals surface area (Å²) >= 11 is 0. The Bertz CT molecular complexity index is 814. The van der Waals surface area contributed by atoms with Crippen molar-refractivity contribution < 1.29 is 14.2 Å². The monoisotopic (exact) mass is 336 g/mol. The number of allylic oxidation sites excluding steroid dienone is 3. The molecule has 0 saturated carbocycles. The zero-order valence-corrected chi connectivity index (χ0v) is 15.3. The fraction of sp³-hybridized carbons (Fsp3) is 0.273. The van der Waals surface area contributed by atoms with Crippen molar-refractivity contribution >= 4 is 11.1 Å². The predicted molar refractivity (Wildman–Crippen MR) is 102 cm³/mol. The minimum absolute atomic E-state index is 0.740. The van der Waals surface area contributed by atoms with Crippen LogP contribution in [0.25, 0.3) is 11.1 Å². The Balaban J connectivity index is 2.26. The number of hydrogen-bond acceptors (Lipinski definition) is 3. The van der Waals surface area contributed by atoms with Gasteiger partial charge in [-0.15, -0.1) is 0 Å². The second kappa shape index (κ2) is 7.47. The van der Waals surface area contributed by atoms with Crippen LogP contribution in [-0.2, 0) is 4.74 Å². The van der Waals surface area contributed by atoms with Gasteiger partial charge in [-0.05, 0) is 43.0 Å². The fourth-order valence-electron chi connectivity index (χ4n) is 3.34. The van der Waals surface area contributed by atoms with Crippen LogP contribution in [0.2, 0.25) is 0 Å². The SMILES string of the molecule is COC1=CCCC(c2cccc(OC)c2OC)=C1c1ccc(C)cc1. The molecule has 25 heavy (non-hydrogen) atoms. The molecule has 3 rings (SSSR count). The van der Waals surface area contributed by atoms with Crippen LogP contribution in [0.4, 0.5) is 0 Å². The minimum Gasteiger partial charge on any atom is -0.496 e. The van der Waals surface area contributed by atoms with E-state index in [0.29, 0.717) is 0 Å². The second-order valence-electron chi connectivity index (χ2n) is 6.07. The molecule has 1 aliphatic rings. The molecule has 0 unspecified atom stereocenters. The van der Waals surface area contributed by atoms with E-state index in [-0.39, 0.29) is 0 Å². The standard InChI is InChI=1S/C22H24O3/c1-15-11-13-16(14-12-15)21-17(7-5-9-19(21)23-2)18-8-6-10-20(24-3)22(18)25-4/h6,8-14H,5,7H2,1-4H3. The molecule has 0 radical (unpaired) electrons. The lowest BCUT2D eigenvalue weighted by molar-refractivity contribution is 0.308. The first-order chi connectivity index (χ1) is 12.2. The third-order valence-corrected chi connectivity index (χ3v) is 4.56. The van der Waals surface area contributed by atoms with E-state index in [1.807, 2.05) is 12.1 Å². The molecular formula is C22H24O3. The molecule has 0 saturated heterocycles. The lowest BCUT2D eigenvalue weighted by Gasteiger charge is -2.24. The summed E-state index contributed by atoms with van der Waals surface area (Å²) in [4.78, 5) is 0. The Kier molecular flexibility index (Phi) is 5.13. The number of aryl methyl sites for hydroxylation is 1. The highest BCUT2D eigenvalue weighted by atomic mass is 16.5. The Morgan fingerprint density at radius 1 is 0.840 bits per heavy atom. The van der Waals surface area contributed by atoms with Crippen LogP contribution >= 0.6 is 0 Å². The number of para-hydroxylation sites is 1. The molecule has 0 fully saturated rings. The number of ether oxygens (including phenoxy) is 3. The zero-order valence-electron chi connectivity index (χ0n) is 15.3. The topological polar surface area (TPSA) is 27.7 Å². The van der Waals surface area contributed by atoms with E-state index in [1.54, 1.807) is 21.3 Å². The molecule has 0 aromatic heterocycles. The van der Waals surface area contributed by atoms with Crippen LogP contribution in [0, 0.1) is 6.92 Å². The summed E-state index contributed by atoms with van der Waals surface area (Å²) in [5.74, 6) is 2.42. The van der Waals surface area contributed by atoms with Gasteiger partial charge in [0.05, 0.1) is 21.3 Å². The Labute approximate surface area is 149 Å². The van der Waals surface area contributed by atoms with Gasteiger partial charge in [0, 0.05) is 11.1 Å². The van der Waals surface area contributed by atoms with E-state index < -0.39 is 0 Å². The van der Waals surface area contributed by atoms with Gasteiger partial charge in [-0.25, -0.2) is 0 Å². The van der Waals surface area contributed by atoms with Crippen LogP contribution in [0.1, 0.15) is 29.5 Å². The summed E-state index contributed by atoms with van der Waals surface area (Å²) in [5.41, 5.74) is 5.79. The molecule has 0 amide bonds. The zero-order chi connectivity index (χ0) is 17.8. The molecule has 0 spiro atoms. The van der Waals surface area contributed by atoms with Gasteiger partial charge in [0.15, 0.2) is 11.5 Å². The fourth-order valence-corrected chi connectivity index (χ4v) is 3.34. The highest BCUT2D eigenvalue weighted by Crippen LogP contribution is 2.44. The van der Waals surface area contributed by atoms with E-state index >= 15 is 0 Å². The molecular weight excluding hydrogens is 312 g/mol. The molecule has 0 atom stereocenters. The third-order valence-electron chi connectivity index (χ3n) is 4.56. The van der Waals surface area contributed by atoms with Crippen molar-refractivity contribution in [3.8, 4) is 11.5 Å². The molecule has 3 nitrogen and oxygen atoms in total. The van der Waals surface area contributed by atoms with Gasteiger partial charge in [-0.2, -0.15) is 0 Å². The van der Waals surface area contributed by atoms with Gasteiger partial charge in [-0.3, -0.25) is 0 Å². The summed E-state index contributed by atoms with van der Waals surface area (Å²) in [6.07, 6.45) is 4.03. The summed E-state index contributed by atoms with van der Waals surface area (Å²) in [6, 6.07) is 14.6. The highest BCUT2D eigenvalue weighted by molar-refractivity contribution is 5.99. The predicted octanol–water partition coefficient (Wildman–Crippen LogP) is 5.25. The van der Waals surface area contributed by atoms with Gasteiger partial charge in [0.25, 0.3) is 0 Å². The molecule has 2 aromatic carbocycles. The second-order valence-corrected chi connectivity index (χ2v) is 6.07. The Morgan fingerprint density at radius 2 is 1.60 bits per heavy atom. The van der Waals surface area contributed by atoms with Crippen LogP contribution in [0.5, 0.6) is 11.5 Å². The molecule has 130 valence electrons. The van der Waals surface area contributed by atoms with E-state index in [1.165, 1.54) is 11.1 Å². The first-order valence-electron chi connectivity index (χ1n) is 8.45. The van der Waals surface area contributed by atoms with Crippen molar-refractivity contribution in [2.24, 2.45) is 0 Å². The van der Waals surface area contributed by atoms with Crippen LogP contribution in [0.3, 0.4) is 0 Å². The number of rotatable bonds is 5. The molecule has 0 N–H and O–H groups in total. The maximum Gasteiger partial charge on any atom is 0.168 e. The van der Waals surface area contributed by atoms with Crippen molar-refractivity contribution in [2.75, 3.05) is 21.3 Å². The maximum absolute atomic E-state index is 5.70. The average Bonchev–Trinajstić information content (AvgIpc) is 2.67. The molecule has 0 bridgehead atoms. The van der Waals surface area contributed by atoms with E-state index in [9.17, 15) is 0 Å². The number of hydrogen-bond donors (Lipinski definition) is 0. The van der Waals surface area contributed by atoms with Gasteiger partial charge in [0.1, 0.15) is 5.76 Å². The number of methoxy groups -OCH3 is 3. The normalized spacial score (nSPS) is 14.2. The van der Waals surface area contributed by atoms with Crippen LogP contribution < -0.4 is 9.47 Å². The first kappa shape index (κ1) is 17.2. The third kappa shape index (κ3) is 3.27. The Hall–Kier alpha value is -2.68. The van der Waals surface area contributed by atoms with Gasteiger partial charge in [0.2, 0.25) is 0 Å². The molecule has 0 aliphatic heterocycles. The van der Waals surface area contributed by atoms with Crippen molar-refractivity contribution in [2.45, 2.75) is 19.8 Å². The lowest BCUT2D eigenvalue weighted by Crippen LogP contribution is -2.04. The van der Waals surface area contributed by atoms with Crippen LogP contribution in [-0.4, -0.2) is 21.3 Å². The first-order valence-corrected chi connectivity index (χ1v) is 8.45. The molecule has 0 heterocycles. The summed E-state index contributed by atoms with van der Waals surface area (Å²) in [7, 11) is 5.08. The summed E-state index contributed by atoms with van der Waals surface area (Å²) < 4.78 is 16.9. The summed E-state index contributed by atoms with van der Waals surface area (Å²) in [5, 5.41) is 0.